The second-order valence-corrected chi connectivity index (χ2v) is 4.60. The largest absolute Gasteiger partial charge is 0.380 e. The molecule has 1 heterocycles. The maximum absolute atomic E-state index is 5.66. The van der Waals surface area contributed by atoms with Crippen molar-refractivity contribution in [1.82, 2.24) is 5.16 Å². The standard InChI is InChI=1S/C10H17IN2O/c1-3-5-7(6-4-2)9-8(11)10(12)13-14-9/h7H,3-6H2,1-2H3,(H2,12,13). The molecule has 0 fully saturated rings. The van der Waals surface area contributed by atoms with Gasteiger partial charge in [0.1, 0.15) is 0 Å². The molecule has 0 aliphatic heterocycles. The van der Waals surface area contributed by atoms with Gasteiger partial charge in [0, 0.05) is 5.92 Å². The number of nitrogens with two attached hydrogens (primary N) is 1. The van der Waals surface area contributed by atoms with Gasteiger partial charge in [-0.05, 0) is 35.4 Å². The Morgan fingerprint density at radius 1 is 1.36 bits per heavy atom. The maximum atomic E-state index is 5.66. The van der Waals surface area contributed by atoms with Gasteiger partial charge in [-0.3, -0.25) is 0 Å². The first-order chi connectivity index (χ1) is 6.70. The Balaban J connectivity index is 2.81. The number of aromatic nitrogens is 1. The zero-order chi connectivity index (χ0) is 10.6. The van der Waals surface area contributed by atoms with E-state index in [1.165, 1.54) is 12.8 Å². The predicted octanol–water partition coefficient (Wildman–Crippen LogP) is 3.55. The van der Waals surface area contributed by atoms with Crippen LogP contribution in [0.5, 0.6) is 0 Å². The average molecular weight is 308 g/mol. The molecule has 0 saturated heterocycles. The van der Waals surface area contributed by atoms with Crippen LogP contribution in [0.3, 0.4) is 0 Å². The summed E-state index contributed by atoms with van der Waals surface area (Å²) < 4.78 is 6.27. The van der Waals surface area contributed by atoms with E-state index in [-0.39, 0.29) is 0 Å². The van der Waals surface area contributed by atoms with Crippen molar-refractivity contribution in [2.75, 3.05) is 5.73 Å². The zero-order valence-electron chi connectivity index (χ0n) is 8.72. The molecule has 0 aliphatic carbocycles. The lowest BCUT2D eigenvalue weighted by molar-refractivity contribution is 0.344. The molecule has 0 bridgehead atoms. The molecule has 3 nitrogen and oxygen atoms in total. The Morgan fingerprint density at radius 2 is 1.93 bits per heavy atom. The second-order valence-electron chi connectivity index (χ2n) is 3.52. The fourth-order valence-electron chi connectivity index (χ4n) is 1.66. The minimum absolute atomic E-state index is 0.488. The molecule has 14 heavy (non-hydrogen) atoms. The molecule has 1 aromatic heterocycles. The highest BCUT2D eigenvalue weighted by Crippen LogP contribution is 2.32. The van der Waals surface area contributed by atoms with E-state index in [0.717, 1.165) is 22.2 Å². The van der Waals surface area contributed by atoms with Crippen molar-refractivity contribution in [3.63, 3.8) is 0 Å². The maximum Gasteiger partial charge on any atom is 0.180 e. The first kappa shape index (κ1) is 11.8. The van der Waals surface area contributed by atoms with Crippen molar-refractivity contribution >= 4 is 28.4 Å². The van der Waals surface area contributed by atoms with Crippen LogP contribution >= 0.6 is 22.6 Å². The van der Waals surface area contributed by atoms with Crippen molar-refractivity contribution in [3.8, 4) is 0 Å². The molecule has 80 valence electrons. The van der Waals surface area contributed by atoms with Crippen LogP contribution in [0.25, 0.3) is 0 Å². The molecular weight excluding hydrogens is 291 g/mol. The molecule has 0 unspecified atom stereocenters. The number of hydrogen-bond donors (Lipinski definition) is 1. The summed E-state index contributed by atoms with van der Waals surface area (Å²) >= 11 is 2.21. The van der Waals surface area contributed by atoms with E-state index >= 15 is 0 Å². The molecule has 1 rings (SSSR count). The number of rotatable bonds is 5. The monoisotopic (exact) mass is 308 g/mol. The minimum Gasteiger partial charge on any atom is -0.380 e. The van der Waals surface area contributed by atoms with Crippen LogP contribution < -0.4 is 5.73 Å². The summed E-state index contributed by atoms with van der Waals surface area (Å²) in [5.41, 5.74) is 5.66. The number of anilines is 1. The van der Waals surface area contributed by atoms with Gasteiger partial charge in [-0.1, -0.05) is 31.8 Å². The SMILES string of the molecule is CCCC(CCC)c1onc(N)c1I. The van der Waals surface area contributed by atoms with Crippen LogP contribution in [-0.4, -0.2) is 5.16 Å². The molecule has 4 heteroatoms. The first-order valence-corrected chi connectivity index (χ1v) is 6.19. The minimum atomic E-state index is 0.488. The number of nitrogen functional groups attached to an aromatic ring is 1. The normalized spacial score (nSPS) is 11.1. The number of halogens is 1. The van der Waals surface area contributed by atoms with E-state index in [0.29, 0.717) is 11.7 Å². The number of nitrogens with zero attached hydrogens (tertiary/aromatic N) is 1. The van der Waals surface area contributed by atoms with Gasteiger partial charge in [0.25, 0.3) is 0 Å². The molecule has 2 N–H and O–H groups in total. The third-order valence-electron chi connectivity index (χ3n) is 2.33. The summed E-state index contributed by atoms with van der Waals surface area (Å²) in [5, 5.41) is 3.80. The van der Waals surface area contributed by atoms with Crippen molar-refractivity contribution in [3.05, 3.63) is 9.33 Å². The summed E-state index contributed by atoms with van der Waals surface area (Å²) in [4.78, 5) is 0. The summed E-state index contributed by atoms with van der Waals surface area (Å²) in [5.74, 6) is 1.99. The third kappa shape index (κ3) is 2.62. The molecular formula is C10H17IN2O. The molecule has 0 atom stereocenters. The highest BCUT2D eigenvalue weighted by molar-refractivity contribution is 14.1. The Bertz CT molecular complexity index is 280. The molecule has 0 saturated carbocycles. The van der Waals surface area contributed by atoms with Gasteiger partial charge in [-0.2, -0.15) is 0 Å². The molecule has 1 aromatic rings. The highest BCUT2D eigenvalue weighted by atomic mass is 127. The fourth-order valence-corrected chi connectivity index (χ4v) is 2.30. The van der Waals surface area contributed by atoms with Crippen LogP contribution in [0.1, 0.15) is 51.2 Å². The third-order valence-corrected chi connectivity index (χ3v) is 3.41. The van der Waals surface area contributed by atoms with Crippen molar-refractivity contribution in [1.29, 1.82) is 0 Å². The molecule has 0 aliphatic rings. The Labute approximate surface area is 98.6 Å². The summed E-state index contributed by atoms with van der Waals surface area (Å²) in [6.45, 7) is 4.38. The van der Waals surface area contributed by atoms with Crippen LogP contribution in [0, 0.1) is 3.57 Å². The lowest BCUT2D eigenvalue weighted by Gasteiger charge is -2.11. The lowest BCUT2D eigenvalue weighted by Crippen LogP contribution is -1.99. The molecule has 0 spiro atoms. The predicted molar refractivity (Wildman–Crippen MR) is 66.2 cm³/mol. The summed E-state index contributed by atoms with van der Waals surface area (Å²) in [6, 6.07) is 0. The average Bonchev–Trinajstić information content (AvgIpc) is 2.48. The van der Waals surface area contributed by atoms with E-state index in [4.69, 9.17) is 10.3 Å². The van der Waals surface area contributed by atoms with Gasteiger partial charge >= 0.3 is 0 Å². The van der Waals surface area contributed by atoms with Crippen LogP contribution in [0.2, 0.25) is 0 Å². The lowest BCUT2D eigenvalue weighted by atomic mass is 9.96. The van der Waals surface area contributed by atoms with Crippen molar-refractivity contribution in [2.45, 2.75) is 45.4 Å². The van der Waals surface area contributed by atoms with E-state index in [1.807, 2.05) is 0 Å². The van der Waals surface area contributed by atoms with Gasteiger partial charge < -0.3 is 10.3 Å². The van der Waals surface area contributed by atoms with Crippen molar-refractivity contribution < 1.29 is 4.52 Å². The van der Waals surface area contributed by atoms with Gasteiger partial charge in [0.15, 0.2) is 11.6 Å². The summed E-state index contributed by atoms with van der Waals surface area (Å²) in [7, 11) is 0. The van der Waals surface area contributed by atoms with Gasteiger partial charge in [-0.15, -0.1) is 0 Å². The smallest absolute Gasteiger partial charge is 0.180 e. The van der Waals surface area contributed by atoms with Crippen molar-refractivity contribution in [2.24, 2.45) is 0 Å². The van der Waals surface area contributed by atoms with Crippen LogP contribution in [-0.2, 0) is 0 Å². The highest BCUT2D eigenvalue weighted by Gasteiger charge is 2.20. The fraction of sp³-hybridized carbons (Fsp3) is 0.700. The van der Waals surface area contributed by atoms with Gasteiger partial charge in [0.2, 0.25) is 0 Å². The zero-order valence-corrected chi connectivity index (χ0v) is 10.9. The number of hydrogen-bond acceptors (Lipinski definition) is 3. The van der Waals surface area contributed by atoms with E-state index in [2.05, 4.69) is 41.6 Å². The topological polar surface area (TPSA) is 52.0 Å². The second kappa shape index (κ2) is 5.58. The quantitative estimate of drug-likeness (QED) is 0.846. The molecule has 0 amide bonds. The molecule has 0 aromatic carbocycles. The summed E-state index contributed by atoms with van der Waals surface area (Å²) in [6.07, 6.45) is 4.64. The van der Waals surface area contributed by atoms with E-state index in [9.17, 15) is 0 Å². The Hall–Kier alpha value is -0.260. The van der Waals surface area contributed by atoms with E-state index < -0.39 is 0 Å². The molecule has 0 radical (unpaired) electrons. The van der Waals surface area contributed by atoms with Crippen LogP contribution in [0.15, 0.2) is 4.52 Å². The Kier molecular flexibility index (Phi) is 4.71. The first-order valence-electron chi connectivity index (χ1n) is 5.11. The van der Waals surface area contributed by atoms with Gasteiger partial charge in [-0.25, -0.2) is 0 Å². The Morgan fingerprint density at radius 3 is 2.29 bits per heavy atom. The van der Waals surface area contributed by atoms with Crippen LogP contribution in [0.4, 0.5) is 5.82 Å². The van der Waals surface area contributed by atoms with Gasteiger partial charge in [0.05, 0.1) is 3.57 Å². The van der Waals surface area contributed by atoms with E-state index in [1.54, 1.807) is 0 Å².